The highest BCUT2D eigenvalue weighted by Crippen LogP contribution is 2.16. The van der Waals surface area contributed by atoms with Crippen molar-refractivity contribution in [1.29, 1.82) is 0 Å². The molecule has 2 aromatic heterocycles. The molecule has 6 nitrogen and oxygen atoms in total. The lowest BCUT2D eigenvalue weighted by Gasteiger charge is -2.25. The molecule has 0 spiro atoms. The molecule has 6 heteroatoms. The second-order valence-corrected chi connectivity index (χ2v) is 6.68. The van der Waals surface area contributed by atoms with Gasteiger partial charge in [0.2, 0.25) is 0 Å². The molecule has 0 bridgehead atoms. The lowest BCUT2D eigenvalue weighted by Crippen LogP contribution is -2.35. The average molecular weight is 353 g/mol. The van der Waals surface area contributed by atoms with Gasteiger partial charge in [-0.25, -0.2) is 4.79 Å². The Kier molecular flexibility index (Phi) is 5.13. The first-order valence-electron chi connectivity index (χ1n) is 9.12. The number of para-hydroxylation sites is 2. The molecule has 1 saturated heterocycles. The fraction of sp³-hybridized carbons (Fsp3) is 0.400. The number of oxazole rings is 1. The first-order valence-corrected chi connectivity index (χ1v) is 9.12. The minimum absolute atomic E-state index is 0.261. The second-order valence-electron chi connectivity index (χ2n) is 6.68. The van der Waals surface area contributed by atoms with E-state index < -0.39 is 0 Å². The van der Waals surface area contributed by atoms with Crippen molar-refractivity contribution < 1.29 is 9.15 Å². The molecule has 1 aliphatic rings. The van der Waals surface area contributed by atoms with Gasteiger partial charge >= 0.3 is 5.76 Å². The molecule has 1 fully saturated rings. The van der Waals surface area contributed by atoms with Crippen LogP contribution in [-0.2, 0) is 17.8 Å². The molecule has 26 heavy (non-hydrogen) atoms. The SMILES string of the molecule is O=c1oc2ccccc2n1CCN(Cc1ccccn1)CC1CCCO1. The number of nitrogens with zero attached hydrogens (tertiary/aromatic N) is 3. The van der Waals surface area contributed by atoms with Crippen molar-refractivity contribution >= 4 is 11.1 Å². The fourth-order valence-electron chi connectivity index (χ4n) is 3.50. The summed E-state index contributed by atoms with van der Waals surface area (Å²) in [7, 11) is 0. The summed E-state index contributed by atoms with van der Waals surface area (Å²) < 4.78 is 12.8. The first-order chi connectivity index (χ1) is 12.8. The van der Waals surface area contributed by atoms with Gasteiger partial charge in [-0.05, 0) is 37.1 Å². The lowest BCUT2D eigenvalue weighted by atomic mass is 10.2. The minimum atomic E-state index is -0.305. The van der Waals surface area contributed by atoms with Crippen LogP contribution in [0.4, 0.5) is 0 Å². The number of hydrogen-bond acceptors (Lipinski definition) is 5. The Morgan fingerprint density at radius 2 is 2.08 bits per heavy atom. The van der Waals surface area contributed by atoms with Crippen LogP contribution in [0.5, 0.6) is 0 Å². The van der Waals surface area contributed by atoms with Crippen molar-refractivity contribution in [2.24, 2.45) is 0 Å². The molecule has 0 saturated carbocycles. The third-order valence-electron chi connectivity index (χ3n) is 4.81. The van der Waals surface area contributed by atoms with Crippen LogP contribution in [0, 0.1) is 0 Å². The molecule has 0 aliphatic carbocycles. The Bertz CT molecular complexity index is 897. The topological polar surface area (TPSA) is 60.5 Å². The number of hydrogen-bond donors (Lipinski definition) is 0. The van der Waals surface area contributed by atoms with E-state index in [-0.39, 0.29) is 11.9 Å². The third-order valence-corrected chi connectivity index (χ3v) is 4.81. The molecule has 3 aromatic rings. The predicted molar refractivity (Wildman–Crippen MR) is 99.0 cm³/mol. The highest BCUT2D eigenvalue weighted by molar-refractivity contribution is 5.72. The summed E-state index contributed by atoms with van der Waals surface area (Å²) in [5, 5.41) is 0. The van der Waals surface area contributed by atoms with Gasteiger partial charge in [-0.2, -0.15) is 0 Å². The summed E-state index contributed by atoms with van der Waals surface area (Å²) in [6.45, 7) is 3.75. The molecule has 4 rings (SSSR count). The Hall–Kier alpha value is -2.44. The van der Waals surface area contributed by atoms with Gasteiger partial charge in [0.05, 0.1) is 17.3 Å². The van der Waals surface area contributed by atoms with Crippen molar-refractivity contribution in [3.05, 3.63) is 64.9 Å². The van der Waals surface area contributed by atoms with Gasteiger partial charge in [-0.1, -0.05) is 18.2 Å². The second kappa shape index (κ2) is 7.85. The summed E-state index contributed by atoms with van der Waals surface area (Å²) in [5.41, 5.74) is 2.50. The van der Waals surface area contributed by atoms with Crippen LogP contribution in [0.1, 0.15) is 18.5 Å². The number of pyridine rings is 1. The zero-order valence-electron chi connectivity index (χ0n) is 14.7. The van der Waals surface area contributed by atoms with E-state index >= 15 is 0 Å². The van der Waals surface area contributed by atoms with E-state index in [4.69, 9.17) is 9.15 Å². The first kappa shape index (κ1) is 17.0. The van der Waals surface area contributed by atoms with E-state index in [2.05, 4.69) is 9.88 Å². The molecule has 1 atom stereocenters. The normalized spacial score (nSPS) is 17.3. The molecule has 0 amide bonds. The van der Waals surface area contributed by atoms with Crippen LogP contribution < -0.4 is 5.76 Å². The standard InChI is InChI=1S/C20H23N3O3/c24-20-23(18-8-1-2-9-19(18)26-20)12-11-22(15-17-7-5-13-25-17)14-16-6-3-4-10-21-16/h1-4,6,8-10,17H,5,7,11-15H2. The van der Waals surface area contributed by atoms with Crippen LogP contribution in [0.2, 0.25) is 0 Å². The molecule has 0 N–H and O–H groups in total. The van der Waals surface area contributed by atoms with Gasteiger partial charge in [0.25, 0.3) is 0 Å². The van der Waals surface area contributed by atoms with Gasteiger partial charge < -0.3 is 9.15 Å². The summed E-state index contributed by atoms with van der Waals surface area (Å²) in [5.74, 6) is -0.305. The predicted octanol–water partition coefficient (Wildman–Crippen LogP) is 2.67. The van der Waals surface area contributed by atoms with Gasteiger partial charge in [0.1, 0.15) is 0 Å². The molecule has 136 valence electrons. The number of benzene rings is 1. The number of fused-ring (bicyclic) bond motifs is 1. The van der Waals surface area contributed by atoms with Gasteiger partial charge in [0, 0.05) is 39.0 Å². The Labute approximate surface area is 152 Å². The number of rotatable bonds is 7. The van der Waals surface area contributed by atoms with Gasteiger partial charge in [0.15, 0.2) is 5.58 Å². The summed E-state index contributed by atoms with van der Waals surface area (Å²) in [4.78, 5) is 18.9. The summed E-state index contributed by atoms with van der Waals surface area (Å²) in [6.07, 6.45) is 4.28. The highest BCUT2D eigenvalue weighted by atomic mass is 16.5. The molecule has 1 aliphatic heterocycles. The van der Waals surface area contributed by atoms with Crippen LogP contribution in [0.25, 0.3) is 11.1 Å². The van der Waals surface area contributed by atoms with Crippen molar-refractivity contribution in [3.63, 3.8) is 0 Å². The molecular weight excluding hydrogens is 330 g/mol. The monoisotopic (exact) mass is 353 g/mol. The molecule has 3 heterocycles. The quantitative estimate of drug-likeness (QED) is 0.653. The summed E-state index contributed by atoms with van der Waals surface area (Å²) in [6, 6.07) is 13.5. The molecule has 0 radical (unpaired) electrons. The van der Waals surface area contributed by atoms with Gasteiger partial charge in [-0.3, -0.25) is 14.5 Å². The van der Waals surface area contributed by atoms with E-state index in [1.165, 1.54) is 0 Å². The fourth-order valence-corrected chi connectivity index (χ4v) is 3.50. The highest BCUT2D eigenvalue weighted by Gasteiger charge is 2.20. The number of ether oxygens (including phenoxy) is 1. The van der Waals surface area contributed by atoms with E-state index in [0.29, 0.717) is 12.1 Å². The molecular formula is C20H23N3O3. The zero-order chi connectivity index (χ0) is 17.8. The minimum Gasteiger partial charge on any atom is -0.408 e. The maximum Gasteiger partial charge on any atom is 0.419 e. The Morgan fingerprint density at radius 3 is 2.88 bits per heavy atom. The van der Waals surface area contributed by atoms with Crippen molar-refractivity contribution in [1.82, 2.24) is 14.5 Å². The van der Waals surface area contributed by atoms with E-state index in [9.17, 15) is 4.79 Å². The Balaban J connectivity index is 1.49. The van der Waals surface area contributed by atoms with E-state index in [0.717, 1.165) is 50.3 Å². The van der Waals surface area contributed by atoms with Crippen LogP contribution in [0.3, 0.4) is 0 Å². The smallest absolute Gasteiger partial charge is 0.408 e. The maximum atomic E-state index is 12.2. The van der Waals surface area contributed by atoms with Crippen LogP contribution >= 0.6 is 0 Å². The van der Waals surface area contributed by atoms with Crippen LogP contribution in [0.15, 0.2) is 57.9 Å². The van der Waals surface area contributed by atoms with E-state index in [1.807, 2.05) is 48.7 Å². The number of aromatic nitrogens is 2. The van der Waals surface area contributed by atoms with E-state index in [1.54, 1.807) is 4.57 Å². The molecule has 1 aromatic carbocycles. The summed E-state index contributed by atoms with van der Waals surface area (Å²) >= 11 is 0. The molecule has 1 unspecified atom stereocenters. The average Bonchev–Trinajstić information content (AvgIpc) is 3.27. The third kappa shape index (κ3) is 3.86. The van der Waals surface area contributed by atoms with Crippen molar-refractivity contribution in [2.45, 2.75) is 32.0 Å². The van der Waals surface area contributed by atoms with Crippen molar-refractivity contribution in [2.75, 3.05) is 19.7 Å². The van der Waals surface area contributed by atoms with Crippen LogP contribution in [-0.4, -0.2) is 40.3 Å². The largest absolute Gasteiger partial charge is 0.419 e. The maximum absolute atomic E-state index is 12.2. The van der Waals surface area contributed by atoms with Crippen molar-refractivity contribution in [3.8, 4) is 0 Å². The van der Waals surface area contributed by atoms with Gasteiger partial charge in [-0.15, -0.1) is 0 Å². The lowest BCUT2D eigenvalue weighted by molar-refractivity contribution is 0.0688. The zero-order valence-corrected chi connectivity index (χ0v) is 14.7. The Morgan fingerprint density at radius 1 is 1.19 bits per heavy atom.